The Hall–Kier alpha value is -1.97. The lowest BCUT2D eigenvalue weighted by Crippen LogP contribution is -2.00. The maximum atomic E-state index is 13.5. The average molecular weight is 231 g/mol. The van der Waals surface area contributed by atoms with Crippen LogP contribution in [0.1, 0.15) is 11.1 Å². The molecule has 17 heavy (non-hydrogen) atoms. The molecular weight excluding hydrogens is 217 g/mol. The largest absolute Gasteiger partial charge is 0.357 e. The van der Waals surface area contributed by atoms with E-state index in [4.69, 9.17) is 0 Å². The Labute approximate surface area is 99.7 Å². The van der Waals surface area contributed by atoms with Crippen molar-refractivity contribution in [2.45, 2.75) is 13.8 Å². The summed E-state index contributed by atoms with van der Waals surface area (Å²) in [5.74, 6) is 0.320. The zero-order chi connectivity index (χ0) is 12.4. The first-order valence-electron chi connectivity index (χ1n) is 5.40. The van der Waals surface area contributed by atoms with Crippen molar-refractivity contribution < 1.29 is 4.39 Å². The van der Waals surface area contributed by atoms with Crippen LogP contribution >= 0.6 is 0 Å². The summed E-state index contributed by atoms with van der Waals surface area (Å²) in [5.41, 5.74) is 3.11. The molecule has 2 aromatic rings. The molecule has 2 rings (SSSR count). The van der Waals surface area contributed by atoms with Crippen LogP contribution in [0.4, 0.5) is 10.3 Å². The molecule has 0 unspecified atom stereocenters. The van der Waals surface area contributed by atoms with Crippen LogP contribution in [0.25, 0.3) is 11.3 Å². The molecule has 0 aliphatic heterocycles. The first kappa shape index (κ1) is 11.5. The van der Waals surface area contributed by atoms with Crippen LogP contribution in [-0.2, 0) is 0 Å². The van der Waals surface area contributed by atoms with Gasteiger partial charge < -0.3 is 5.32 Å². The monoisotopic (exact) mass is 231 g/mol. The molecule has 1 aromatic carbocycles. The van der Waals surface area contributed by atoms with Crippen LogP contribution in [0.3, 0.4) is 0 Å². The number of aromatic nitrogens is 2. The van der Waals surface area contributed by atoms with Gasteiger partial charge in [-0.2, -0.15) is 0 Å². The van der Waals surface area contributed by atoms with Crippen LogP contribution < -0.4 is 5.32 Å². The molecule has 0 aliphatic carbocycles. The van der Waals surface area contributed by atoms with E-state index in [-0.39, 0.29) is 5.82 Å². The number of hydrogen-bond donors (Lipinski definition) is 1. The summed E-state index contributed by atoms with van der Waals surface area (Å²) in [7, 11) is 1.76. The van der Waals surface area contributed by atoms with E-state index in [9.17, 15) is 4.39 Å². The van der Waals surface area contributed by atoms with Gasteiger partial charge in [0.25, 0.3) is 0 Å². The fourth-order valence-electron chi connectivity index (χ4n) is 1.70. The molecule has 88 valence electrons. The molecule has 0 radical (unpaired) electrons. The van der Waals surface area contributed by atoms with Crippen molar-refractivity contribution in [3.8, 4) is 11.3 Å². The third-order valence-electron chi connectivity index (χ3n) is 2.72. The standard InChI is InChI=1S/C13H14FN3/c1-8-7-16-13(15-3)17-12(8)10-5-4-6-11(14)9(10)2/h4-7H,1-3H3,(H,15,16,17). The number of halogens is 1. The van der Waals surface area contributed by atoms with E-state index in [0.29, 0.717) is 11.5 Å². The molecule has 1 heterocycles. The minimum Gasteiger partial charge on any atom is -0.357 e. The van der Waals surface area contributed by atoms with E-state index in [0.717, 1.165) is 16.8 Å². The zero-order valence-corrected chi connectivity index (χ0v) is 10.1. The molecule has 0 bridgehead atoms. The molecule has 0 amide bonds. The van der Waals surface area contributed by atoms with E-state index in [2.05, 4.69) is 15.3 Å². The molecular formula is C13H14FN3. The highest BCUT2D eigenvalue weighted by atomic mass is 19.1. The average Bonchev–Trinajstić information content (AvgIpc) is 2.34. The topological polar surface area (TPSA) is 37.8 Å². The second-order valence-corrected chi connectivity index (χ2v) is 3.89. The Morgan fingerprint density at radius 2 is 2.00 bits per heavy atom. The van der Waals surface area contributed by atoms with Crippen LogP contribution in [-0.4, -0.2) is 17.0 Å². The minimum atomic E-state index is -0.216. The van der Waals surface area contributed by atoms with Crippen molar-refractivity contribution in [2.75, 3.05) is 12.4 Å². The highest BCUT2D eigenvalue weighted by molar-refractivity contribution is 5.67. The van der Waals surface area contributed by atoms with E-state index >= 15 is 0 Å². The number of nitrogens with zero attached hydrogens (tertiary/aromatic N) is 2. The Morgan fingerprint density at radius 3 is 2.71 bits per heavy atom. The van der Waals surface area contributed by atoms with Gasteiger partial charge in [0.2, 0.25) is 5.95 Å². The van der Waals surface area contributed by atoms with Gasteiger partial charge in [-0.15, -0.1) is 0 Å². The molecule has 3 nitrogen and oxygen atoms in total. The quantitative estimate of drug-likeness (QED) is 0.863. The van der Waals surface area contributed by atoms with Gasteiger partial charge in [-0.25, -0.2) is 14.4 Å². The van der Waals surface area contributed by atoms with E-state index < -0.39 is 0 Å². The van der Waals surface area contributed by atoms with Crippen LogP contribution in [0, 0.1) is 19.7 Å². The fraction of sp³-hybridized carbons (Fsp3) is 0.231. The second-order valence-electron chi connectivity index (χ2n) is 3.89. The van der Waals surface area contributed by atoms with Gasteiger partial charge in [0.15, 0.2) is 0 Å². The Balaban J connectivity index is 2.63. The summed E-state index contributed by atoms with van der Waals surface area (Å²) in [6, 6.07) is 5.01. The highest BCUT2D eigenvalue weighted by Gasteiger charge is 2.10. The lowest BCUT2D eigenvalue weighted by Gasteiger charge is -2.10. The second kappa shape index (κ2) is 4.49. The van der Waals surface area contributed by atoms with E-state index in [1.807, 2.05) is 13.0 Å². The normalized spacial score (nSPS) is 10.4. The van der Waals surface area contributed by atoms with Crippen molar-refractivity contribution in [3.63, 3.8) is 0 Å². The van der Waals surface area contributed by atoms with Crippen molar-refractivity contribution in [3.05, 3.63) is 41.3 Å². The summed E-state index contributed by atoms with van der Waals surface area (Å²) in [6.07, 6.45) is 1.73. The molecule has 0 saturated heterocycles. The van der Waals surface area contributed by atoms with Crippen LogP contribution in [0.5, 0.6) is 0 Å². The van der Waals surface area contributed by atoms with Gasteiger partial charge in [-0.1, -0.05) is 12.1 Å². The Bertz CT molecular complexity index is 552. The predicted octanol–water partition coefficient (Wildman–Crippen LogP) is 2.94. The van der Waals surface area contributed by atoms with Gasteiger partial charge in [0.05, 0.1) is 5.69 Å². The maximum absolute atomic E-state index is 13.5. The number of benzene rings is 1. The summed E-state index contributed by atoms with van der Waals surface area (Å²) >= 11 is 0. The first-order chi connectivity index (χ1) is 8.13. The van der Waals surface area contributed by atoms with Crippen molar-refractivity contribution in [2.24, 2.45) is 0 Å². The minimum absolute atomic E-state index is 0.216. The number of rotatable bonds is 2. The van der Waals surface area contributed by atoms with Gasteiger partial charge in [-0.3, -0.25) is 0 Å². The molecule has 0 aliphatic rings. The summed E-state index contributed by atoms with van der Waals surface area (Å²) in [6.45, 7) is 3.67. The van der Waals surface area contributed by atoms with Crippen LogP contribution in [0.2, 0.25) is 0 Å². The lowest BCUT2D eigenvalue weighted by molar-refractivity contribution is 0.619. The molecule has 0 spiro atoms. The Kier molecular flexibility index (Phi) is 3.04. The molecule has 1 aromatic heterocycles. The van der Waals surface area contributed by atoms with Crippen molar-refractivity contribution in [1.29, 1.82) is 0 Å². The van der Waals surface area contributed by atoms with Gasteiger partial charge in [0, 0.05) is 18.8 Å². The van der Waals surface area contributed by atoms with E-state index in [1.165, 1.54) is 6.07 Å². The summed E-state index contributed by atoms with van der Waals surface area (Å²) in [5, 5.41) is 2.88. The molecule has 1 N–H and O–H groups in total. The SMILES string of the molecule is CNc1ncc(C)c(-c2cccc(F)c2C)n1. The maximum Gasteiger partial charge on any atom is 0.222 e. The van der Waals surface area contributed by atoms with E-state index in [1.54, 1.807) is 26.2 Å². The van der Waals surface area contributed by atoms with Gasteiger partial charge in [-0.05, 0) is 31.0 Å². The smallest absolute Gasteiger partial charge is 0.222 e. The van der Waals surface area contributed by atoms with Crippen molar-refractivity contribution >= 4 is 5.95 Å². The summed E-state index contributed by atoms with van der Waals surface area (Å²) in [4.78, 5) is 8.49. The predicted molar refractivity (Wildman–Crippen MR) is 66.4 cm³/mol. The highest BCUT2D eigenvalue weighted by Crippen LogP contribution is 2.26. The molecule has 0 fully saturated rings. The third kappa shape index (κ3) is 2.11. The number of hydrogen-bond acceptors (Lipinski definition) is 3. The molecule has 4 heteroatoms. The van der Waals surface area contributed by atoms with Crippen molar-refractivity contribution in [1.82, 2.24) is 9.97 Å². The third-order valence-corrected chi connectivity index (χ3v) is 2.72. The van der Waals surface area contributed by atoms with Crippen LogP contribution in [0.15, 0.2) is 24.4 Å². The van der Waals surface area contributed by atoms with Gasteiger partial charge >= 0.3 is 0 Å². The zero-order valence-electron chi connectivity index (χ0n) is 10.1. The Morgan fingerprint density at radius 1 is 1.24 bits per heavy atom. The lowest BCUT2D eigenvalue weighted by atomic mass is 10.0. The number of anilines is 1. The summed E-state index contributed by atoms with van der Waals surface area (Å²) < 4.78 is 13.5. The fourth-order valence-corrected chi connectivity index (χ4v) is 1.70. The first-order valence-corrected chi connectivity index (χ1v) is 5.40. The number of nitrogens with one attached hydrogen (secondary N) is 1. The molecule has 0 saturated carbocycles. The molecule has 0 atom stereocenters. The number of aryl methyl sites for hydroxylation is 1. The van der Waals surface area contributed by atoms with Gasteiger partial charge in [0.1, 0.15) is 5.82 Å².